The zero-order chi connectivity index (χ0) is 17.6. The highest BCUT2D eigenvalue weighted by Gasteiger charge is 2.21. The van der Waals surface area contributed by atoms with E-state index < -0.39 is 5.97 Å². The number of carbonyl (C=O) groups is 1. The molecule has 1 aliphatic heterocycles. The van der Waals surface area contributed by atoms with E-state index in [-0.39, 0.29) is 0 Å². The van der Waals surface area contributed by atoms with E-state index in [4.69, 9.17) is 4.74 Å². The molecule has 0 atom stereocenters. The van der Waals surface area contributed by atoms with Crippen molar-refractivity contribution in [3.05, 3.63) is 47.7 Å². The highest BCUT2D eigenvalue weighted by Crippen LogP contribution is 2.23. The van der Waals surface area contributed by atoms with Crippen LogP contribution < -0.4 is 0 Å². The Labute approximate surface area is 148 Å². The molecule has 6 nitrogen and oxygen atoms in total. The zero-order valence-electron chi connectivity index (χ0n) is 14.6. The number of carboxylic acids is 1. The molecule has 1 aromatic carbocycles. The first-order chi connectivity index (χ1) is 12.2. The molecule has 134 valence electrons. The van der Waals surface area contributed by atoms with E-state index in [0.717, 1.165) is 56.3 Å². The highest BCUT2D eigenvalue weighted by atomic mass is 16.5. The number of aromatic amines is 1. The molecule has 2 heterocycles. The number of hydrogen-bond donors (Lipinski definition) is 2. The number of ether oxygens (including phenoxy) is 1. The van der Waals surface area contributed by atoms with E-state index in [0.29, 0.717) is 12.1 Å². The average Bonchev–Trinajstić information content (AvgIpc) is 3.06. The average molecular weight is 343 g/mol. The van der Waals surface area contributed by atoms with E-state index in [1.165, 1.54) is 0 Å². The number of rotatable bonds is 7. The summed E-state index contributed by atoms with van der Waals surface area (Å²) in [6.45, 7) is 6.17. The third kappa shape index (κ3) is 4.48. The number of hydrogen-bond acceptors (Lipinski definition) is 4. The van der Waals surface area contributed by atoms with E-state index in [1.807, 2.05) is 30.3 Å². The molecule has 1 saturated heterocycles. The zero-order valence-corrected chi connectivity index (χ0v) is 14.6. The predicted molar refractivity (Wildman–Crippen MR) is 96.8 cm³/mol. The number of piperazine rings is 1. The van der Waals surface area contributed by atoms with Crippen molar-refractivity contribution in [2.45, 2.75) is 6.54 Å². The second-order valence-corrected chi connectivity index (χ2v) is 6.36. The van der Waals surface area contributed by atoms with Crippen LogP contribution in [0.15, 0.2) is 36.4 Å². The number of aromatic nitrogens is 1. The molecule has 6 heteroatoms. The summed E-state index contributed by atoms with van der Waals surface area (Å²) in [5.74, 6) is -0.882. The topological polar surface area (TPSA) is 68.8 Å². The molecule has 0 aliphatic carbocycles. The monoisotopic (exact) mass is 343 g/mol. The van der Waals surface area contributed by atoms with Crippen molar-refractivity contribution in [2.24, 2.45) is 0 Å². The lowest BCUT2D eigenvalue weighted by molar-refractivity contribution is 0.0691. The van der Waals surface area contributed by atoms with Gasteiger partial charge in [-0.25, -0.2) is 4.79 Å². The third-order valence-electron chi connectivity index (χ3n) is 4.67. The Hall–Kier alpha value is -2.15. The van der Waals surface area contributed by atoms with Gasteiger partial charge in [-0.3, -0.25) is 9.80 Å². The Kier molecular flexibility index (Phi) is 5.86. The van der Waals surface area contributed by atoms with E-state index in [1.54, 1.807) is 13.2 Å². The Bertz CT molecular complexity index is 691. The predicted octanol–water partition coefficient (Wildman–Crippen LogP) is 2.14. The first kappa shape index (κ1) is 17.7. The van der Waals surface area contributed by atoms with Gasteiger partial charge in [-0.05, 0) is 11.6 Å². The van der Waals surface area contributed by atoms with E-state index in [2.05, 4.69) is 14.8 Å². The number of aromatic carboxylic acids is 1. The number of H-pyrrole nitrogens is 1. The second-order valence-electron chi connectivity index (χ2n) is 6.36. The van der Waals surface area contributed by atoms with Gasteiger partial charge in [0.15, 0.2) is 0 Å². The Morgan fingerprint density at radius 3 is 2.48 bits per heavy atom. The van der Waals surface area contributed by atoms with Crippen molar-refractivity contribution in [1.29, 1.82) is 0 Å². The molecule has 1 aromatic heterocycles. The van der Waals surface area contributed by atoms with Gasteiger partial charge in [0, 0.05) is 57.8 Å². The Morgan fingerprint density at radius 2 is 1.84 bits per heavy atom. The molecule has 3 rings (SSSR count). The van der Waals surface area contributed by atoms with Crippen LogP contribution in [0, 0.1) is 0 Å². The summed E-state index contributed by atoms with van der Waals surface area (Å²) >= 11 is 0. The van der Waals surface area contributed by atoms with Gasteiger partial charge in [0.25, 0.3) is 0 Å². The largest absolute Gasteiger partial charge is 0.478 e. The normalized spacial score (nSPS) is 16.2. The van der Waals surface area contributed by atoms with Crippen LogP contribution in [0.25, 0.3) is 11.3 Å². The van der Waals surface area contributed by atoms with Crippen molar-refractivity contribution in [2.75, 3.05) is 46.4 Å². The lowest BCUT2D eigenvalue weighted by Gasteiger charge is -2.34. The lowest BCUT2D eigenvalue weighted by atomic mass is 10.1. The van der Waals surface area contributed by atoms with Crippen LogP contribution in [-0.2, 0) is 11.3 Å². The summed E-state index contributed by atoms with van der Waals surface area (Å²) in [5, 5.41) is 9.53. The fraction of sp³-hybridized carbons (Fsp3) is 0.421. The van der Waals surface area contributed by atoms with Crippen LogP contribution in [0.5, 0.6) is 0 Å². The van der Waals surface area contributed by atoms with Crippen LogP contribution in [0.3, 0.4) is 0 Å². The summed E-state index contributed by atoms with van der Waals surface area (Å²) in [4.78, 5) is 19.6. The van der Waals surface area contributed by atoms with Crippen LogP contribution in [0.4, 0.5) is 0 Å². The van der Waals surface area contributed by atoms with Crippen molar-refractivity contribution < 1.29 is 14.6 Å². The molecule has 1 fully saturated rings. The van der Waals surface area contributed by atoms with Gasteiger partial charge in [0.1, 0.15) is 0 Å². The SMILES string of the molecule is COCCN1CCN(Cc2[nH]c(-c3ccccc3)cc2C(=O)O)CC1. The second kappa shape index (κ2) is 8.29. The summed E-state index contributed by atoms with van der Waals surface area (Å²) < 4.78 is 5.13. The minimum Gasteiger partial charge on any atom is -0.478 e. The van der Waals surface area contributed by atoms with Gasteiger partial charge in [0.05, 0.1) is 12.2 Å². The van der Waals surface area contributed by atoms with Gasteiger partial charge in [-0.2, -0.15) is 0 Å². The minimum atomic E-state index is -0.882. The fourth-order valence-corrected chi connectivity index (χ4v) is 3.20. The van der Waals surface area contributed by atoms with Crippen molar-refractivity contribution in [3.8, 4) is 11.3 Å². The van der Waals surface area contributed by atoms with Crippen LogP contribution in [0.1, 0.15) is 16.1 Å². The smallest absolute Gasteiger partial charge is 0.337 e. The molecule has 2 N–H and O–H groups in total. The Morgan fingerprint density at radius 1 is 1.16 bits per heavy atom. The van der Waals surface area contributed by atoms with E-state index >= 15 is 0 Å². The van der Waals surface area contributed by atoms with Crippen LogP contribution in [-0.4, -0.2) is 72.3 Å². The van der Waals surface area contributed by atoms with Gasteiger partial charge in [-0.15, -0.1) is 0 Å². The summed E-state index contributed by atoms with van der Waals surface area (Å²) in [7, 11) is 1.72. The lowest BCUT2D eigenvalue weighted by Crippen LogP contribution is -2.46. The number of nitrogens with one attached hydrogen (secondary N) is 1. The maximum atomic E-state index is 11.6. The first-order valence-corrected chi connectivity index (χ1v) is 8.61. The molecule has 0 bridgehead atoms. The molecular weight excluding hydrogens is 318 g/mol. The van der Waals surface area contributed by atoms with Gasteiger partial charge < -0.3 is 14.8 Å². The van der Waals surface area contributed by atoms with Crippen molar-refractivity contribution in [1.82, 2.24) is 14.8 Å². The summed E-state index contributed by atoms with van der Waals surface area (Å²) in [6.07, 6.45) is 0. The van der Waals surface area contributed by atoms with Crippen molar-refractivity contribution >= 4 is 5.97 Å². The highest BCUT2D eigenvalue weighted by molar-refractivity contribution is 5.91. The third-order valence-corrected chi connectivity index (χ3v) is 4.67. The maximum absolute atomic E-state index is 11.6. The van der Waals surface area contributed by atoms with Gasteiger partial charge >= 0.3 is 5.97 Å². The number of nitrogens with zero attached hydrogens (tertiary/aromatic N) is 2. The fourth-order valence-electron chi connectivity index (χ4n) is 3.20. The molecular formula is C19H25N3O3. The molecule has 0 radical (unpaired) electrons. The van der Waals surface area contributed by atoms with Crippen LogP contribution >= 0.6 is 0 Å². The number of methoxy groups -OCH3 is 1. The Balaban J connectivity index is 1.68. The molecule has 0 saturated carbocycles. The molecule has 0 amide bonds. The standard InChI is InChI=1S/C19H25N3O3/c1-25-12-11-21-7-9-22(10-8-21)14-18-16(19(23)24)13-17(20-18)15-5-3-2-4-6-15/h2-6,13,20H,7-12,14H2,1H3,(H,23,24). The molecule has 1 aliphatic rings. The maximum Gasteiger partial charge on any atom is 0.337 e. The van der Waals surface area contributed by atoms with E-state index in [9.17, 15) is 9.90 Å². The molecule has 0 spiro atoms. The van der Waals surface area contributed by atoms with Crippen molar-refractivity contribution in [3.63, 3.8) is 0 Å². The number of benzene rings is 1. The first-order valence-electron chi connectivity index (χ1n) is 8.61. The van der Waals surface area contributed by atoms with Crippen LogP contribution in [0.2, 0.25) is 0 Å². The minimum absolute atomic E-state index is 0.362. The number of carboxylic acid groups (broad SMARTS) is 1. The quantitative estimate of drug-likeness (QED) is 0.806. The molecule has 25 heavy (non-hydrogen) atoms. The van der Waals surface area contributed by atoms with Gasteiger partial charge in [0.2, 0.25) is 0 Å². The molecule has 2 aromatic rings. The van der Waals surface area contributed by atoms with Gasteiger partial charge in [-0.1, -0.05) is 30.3 Å². The summed E-state index contributed by atoms with van der Waals surface area (Å²) in [5.41, 5.74) is 2.99. The molecule has 0 unspecified atom stereocenters. The summed E-state index contributed by atoms with van der Waals surface area (Å²) in [6, 6.07) is 11.6.